The van der Waals surface area contributed by atoms with Gasteiger partial charge in [-0.15, -0.1) is 0 Å². The van der Waals surface area contributed by atoms with Crippen LogP contribution in [0.15, 0.2) is 78.9 Å². The van der Waals surface area contributed by atoms with E-state index in [1.54, 1.807) is 23.9 Å². The van der Waals surface area contributed by atoms with Gasteiger partial charge in [0.25, 0.3) is 5.91 Å². The van der Waals surface area contributed by atoms with Crippen molar-refractivity contribution in [2.75, 3.05) is 19.0 Å². The number of carbonyl (C=O) groups excluding carboxylic acids is 1. The van der Waals surface area contributed by atoms with Crippen LogP contribution in [0.1, 0.15) is 5.56 Å². The maximum absolute atomic E-state index is 12.7. The highest BCUT2D eigenvalue weighted by atomic mass is 16.6. The van der Waals surface area contributed by atoms with Crippen molar-refractivity contribution in [1.82, 2.24) is 9.78 Å². The molecule has 0 aliphatic carbocycles. The summed E-state index contributed by atoms with van der Waals surface area (Å²) in [5.74, 6) is 0.594. The Labute approximate surface area is 195 Å². The zero-order chi connectivity index (χ0) is 24.1. The van der Waals surface area contributed by atoms with Crippen molar-refractivity contribution in [2.24, 2.45) is 0 Å². The van der Waals surface area contributed by atoms with E-state index in [1.807, 2.05) is 55.5 Å². The molecule has 4 aromatic rings. The van der Waals surface area contributed by atoms with E-state index in [2.05, 4.69) is 10.4 Å². The number of hydrogen-bond donors (Lipinski definition) is 1. The monoisotopic (exact) mass is 458 g/mol. The molecule has 1 aromatic heterocycles. The number of ether oxygens (including phenoxy) is 2. The van der Waals surface area contributed by atoms with Crippen LogP contribution in [0.5, 0.6) is 11.5 Å². The average Bonchev–Trinajstić information content (AvgIpc) is 3.26. The molecule has 0 radical (unpaired) electrons. The summed E-state index contributed by atoms with van der Waals surface area (Å²) < 4.78 is 12.5. The molecule has 4 rings (SSSR count). The first kappa shape index (κ1) is 22.5. The second-order valence-corrected chi connectivity index (χ2v) is 7.42. The number of nitro benzene ring substituents is 1. The fraction of sp³-hybridized carbons (Fsp3) is 0.120. The van der Waals surface area contributed by atoms with Gasteiger partial charge in [0.2, 0.25) is 0 Å². The third-order valence-electron chi connectivity index (χ3n) is 5.06. The third-order valence-corrected chi connectivity index (χ3v) is 5.06. The second kappa shape index (κ2) is 9.86. The highest BCUT2D eigenvalue weighted by Crippen LogP contribution is 2.32. The molecule has 0 aliphatic rings. The lowest BCUT2D eigenvalue weighted by Crippen LogP contribution is -2.22. The van der Waals surface area contributed by atoms with E-state index in [9.17, 15) is 14.9 Å². The first-order chi connectivity index (χ1) is 16.5. The molecule has 0 saturated carbocycles. The summed E-state index contributed by atoms with van der Waals surface area (Å²) >= 11 is 0. The zero-order valence-electron chi connectivity index (χ0n) is 18.6. The van der Waals surface area contributed by atoms with Gasteiger partial charge >= 0.3 is 5.69 Å². The van der Waals surface area contributed by atoms with E-state index >= 15 is 0 Å². The Morgan fingerprint density at radius 1 is 1.03 bits per heavy atom. The Balaban J connectivity index is 1.62. The molecule has 0 unspecified atom stereocenters. The van der Waals surface area contributed by atoms with Crippen LogP contribution in [0.3, 0.4) is 0 Å². The highest BCUT2D eigenvalue weighted by Gasteiger charge is 2.18. The van der Waals surface area contributed by atoms with Gasteiger partial charge < -0.3 is 14.8 Å². The van der Waals surface area contributed by atoms with Crippen molar-refractivity contribution in [2.45, 2.75) is 6.92 Å². The number of methoxy groups -OCH3 is 1. The summed E-state index contributed by atoms with van der Waals surface area (Å²) in [4.78, 5) is 23.3. The predicted molar refractivity (Wildman–Crippen MR) is 128 cm³/mol. The summed E-state index contributed by atoms with van der Waals surface area (Å²) in [6, 6.07) is 22.8. The van der Waals surface area contributed by atoms with Gasteiger partial charge in [0.15, 0.2) is 12.4 Å². The van der Waals surface area contributed by atoms with Gasteiger partial charge in [-0.25, -0.2) is 4.68 Å². The number of aromatic nitrogens is 2. The zero-order valence-corrected chi connectivity index (χ0v) is 18.6. The molecule has 0 bridgehead atoms. The van der Waals surface area contributed by atoms with Gasteiger partial charge in [-0.05, 0) is 37.3 Å². The molecule has 1 heterocycles. The van der Waals surface area contributed by atoms with Crippen LogP contribution >= 0.6 is 0 Å². The smallest absolute Gasteiger partial charge is 0.310 e. The van der Waals surface area contributed by atoms with Crippen molar-refractivity contribution >= 4 is 17.4 Å². The van der Waals surface area contributed by atoms with Crippen molar-refractivity contribution in [3.8, 4) is 28.4 Å². The number of benzene rings is 3. The summed E-state index contributed by atoms with van der Waals surface area (Å²) in [5, 5.41) is 18.7. The van der Waals surface area contributed by atoms with Crippen LogP contribution in [0, 0.1) is 17.0 Å². The van der Waals surface area contributed by atoms with E-state index in [0.717, 1.165) is 16.8 Å². The van der Waals surface area contributed by atoms with Crippen LogP contribution in [-0.4, -0.2) is 34.3 Å². The van der Waals surface area contributed by atoms with Gasteiger partial charge in [-0.3, -0.25) is 14.9 Å². The molecule has 0 atom stereocenters. The maximum Gasteiger partial charge on any atom is 0.310 e. The Bertz CT molecular complexity index is 1330. The first-order valence-corrected chi connectivity index (χ1v) is 10.4. The lowest BCUT2D eigenvalue weighted by atomic mass is 10.1. The number of para-hydroxylation sites is 3. The first-order valence-electron chi connectivity index (χ1n) is 10.4. The van der Waals surface area contributed by atoms with Gasteiger partial charge in [0, 0.05) is 17.7 Å². The number of carbonyl (C=O) groups is 1. The van der Waals surface area contributed by atoms with Gasteiger partial charge in [-0.1, -0.05) is 42.0 Å². The number of rotatable bonds is 8. The van der Waals surface area contributed by atoms with Gasteiger partial charge in [0.05, 0.1) is 23.4 Å². The molecule has 1 N–H and O–H groups in total. The minimum atomic E-state index is -0.556. The minimum Gasteiger partial charge on any atom is -0.496 e. The fourth-order valence-electron chi connectivity index (χ4n) is 3.39. The van der Waals surface area contributed by atoms with Gasteiger partial charge in [-0.2, -0.15) is 5.10 Å². The van der Waals surface area contributed by atoms with Crippen LogP contribution in [0.2, 0.25) is 0 Å². The summed E-state index contributed by atoms with van der Waals surface area (Å²) in [6.45, 7) is 1.57. The topological polar surface area (TPSA) is 109 Å². The molecule has 0 saturated heterocycles. The Kier molecular flexibility index (Phi) is 6.54. The lowest BCUT2D eigenvalue weighted by Gasteiger charge is -2.10. The quantitative estimate of drug-likeness (QED) is 0.301. The van der Waals surface area contributed by atoms with Crippen molar-refractivity contribution in [3.05, 3.63) is 94.5 Å². The lowest BCUT2D eigenvalue weighted by molar-refractivity contribution is -0.385. The fourth-order valence-corrected chi connectivity index (χ4v) is 3.39. The Morgan fingerprint density at radius 2 is 1.71 bits per heavy atom. The molecule has 172 valence electrons. The van der Waals surface area contributed by atoms with E-state index in [1.165, 1.54) is 18.2 Å². The number of amides is 1. The van der Waals surface area contributed by atoms with Crippen molar-refractivity contribution in [3.63, 3.8) is 0 Å². The number of aryl methyl sites for hydroxylation is 1. The summed E-state index contributed by atoms with van der Waals surface area (Å²) in [6.07, 6.45) is 0. The van der Waals surface area contributed by atoms with E-state index in [4.69, 9.17) is 9.47 Å². The number of nitrogens with zero attached hydrogens (tertiary/aromatic N) is 3. The van der Waals surface area contributed by atoms with Gasteiger partial charge in [0.1, 0.15) is 11.6 Å². The van der Waals surface area contributed by atoms with E-state index in [0.29, 0.717) is 17.3 Å². The van der Waals surface area contributed by atoms with E-state index in [-0.39, 0.29) is 11.4 Å². The van der Waals surface area contributed by atoms with Crippen LogP contribution in [0.25, 0.3) is 16.9 Å². The van der Waals surface area contributed by atoms with E-state index < -0.39 is 17.4 Å². The van der Waals surface area contributed by atoms with Crippen LogP contribution < -0.4 is 14.8 Å². The van der Waals surface area contributed by atoms with Crippen molar-refractivity contribution < 1.29 is 19.2 Å². The molecule has 0 spiro atoms. The summed E-state index contributed by atoms with van der Waals surface area (Å²) in [7, 11) is 1.58. The molecule has 0 fully saturated rings. The molecule has 34 heavy (non-hydrogen) atoms. The molecule has 3 aromatic carbocycles. The Hall–Kier alpha value is -4.66. The van der Waals surface area contributed by atoms with Crippen LogP contribution in [-0.2, 0) is 4.79 Å². The largest absolute Gasteiger partial charge is 0.496 e. The second-order valence-electron chi connectivity index (χ2n) is 7.42. The molecule has 0 aliphatic heterocycles. The molecular weight excluding hydrogens is 436 g/mol. The molecule has 9 heteroatoms. The Morgan fingerprint density at radius 3 is 2.41 bits per heavy atom. The third kappa shape index (κ3) is 4.88. The standard InChI is InChI=1S/C25H22N4O5/c1-17-11-13-18(14-12-17)28-24(15-20(27-28)19-7-3-5-9-22(19)33-2)26-25(30)16-34-23-10-6-4-8-21(23)29(31)32/h3-15H,16H2,1-2H3,(H,26,30). The van der Waals surface area contributed by atoms with Crippen molar-refractivity contribution in [1.29, 1.82) is 0 Å². The predicted octanol–water partition coefficient (Wildman–Crippen LogP) is 4.78. The maximum atomic E-state index is 12.7. The normalized spacial score (nSPS) is 10.5. The number of nitro groups is 1. The number of nitrogens with one attached hydrogen (secondary N) is 1. The SMILES string of the molecule is COc1ccccc1-c1cc(NC(=O)COc2ccccc2[N+](=O)[O-])n(-c2ccc(C)cc2)n1. The molecule has 1 amide bonds. The number of anilines is 1. The number of hydrogen-bond acceptors (Lipinski definition) is 6. The highest BCUT2D eigenvalue weighted by molar-refractivity contribution is 5.92. The average molecular weight is 458 g/mol. The summed E-state index contributed by atoms with van der Waals surface area (Å²) in [5.41, 5.74) is 3.00. The molecular formula is C25H22N4O5. The minimum absolute atomic E-state index is 0.0180. The van der Waals surface area contributed by atoms with Crippen LogP contribution in [0.4, 0.5) is 11.5 Å². The molecule has 9 nitrogen and oxygen atoms in total.